The third-order valence-electron chi connectivity index (χ3n) is 4.07. The van der Waals surface area contributed by atoms with Crippen LogP contribution < -0.4 is 5.32 Å². The molecular weight excluding hydrogens is 438 g/mol. The molecule has 0 fully saturated rings. The van der Waals surface area contributed by atoms with Crippen molar-refractivity contribution in [1.82, 2.24) is 9.97 Å². The van der Waals surface area contributed by atoms with Crippen molar-refractivity contribution in [1.29, 1.82) is 0 Å². The number of carbonyl (C=O) groups excluding carboxylic acids is 1. The van der Waals surface area contributed by atoms with E-state index < -0.39 is 0 Å². The van der Waals surface area contributed by atoms with Gasteiger partial charge in [-0.25, -0.2) is 9.97 Å². The largest absolute Gasteiger partial charge is 0.444 e. The van der Waals surface area contributed by atoms with Crippen molar-refractivity contribution in [3.8, 4) is 22.7 Å². The maximum absolute atomic E-state index is 12.4. The number of aromatic nitrogens is 2. The molecule has 5 nitrogen and oxygen atoms in total. The van der Waals surface area contributed by atoms with Crippen LogP contribution in [0.3, 0.4) is 0 Å². The molecule has 2 heterocycles. The Balaban J connectivity index is 1.44. The third-order valence-corrected chi connectivity index (χ3v) is 5.49. The molecule has 0 bridgehead atoms. The summed E-state index contributed by atoms with van der Waals surface area (Å²) in [4.78, 5) is 22.4. The minimum Gasteiger partial charge on any atom is -0.444 e. The fraction of sp³-hybridized carbons (Fsp3) is 0.0952. The van der Waals surface area contributed by atoms with Gasteiger partial charge in [0.15, 0.2) is 5.13 Å². The molecule has 1 amide bonds. The molecule has 4 rings (SSSR count). The van der Waals surface area contributed by atoms with Crippen molar-refractivity contribution >= 4 is 38.3 Å². The fourth-order valence-electron chi connectivity index (χ4n) is 2.75. The summed E-state index contributed by atoms with van der Waals surface area (Å²) in [6, 6.07) is 17.5. The molecule has 0 unspecified atom stereocenters. The smallest absolute Gasteiger partial charge is 0.232 e. The van der Waals surface area contributed by atoms with Gasteiger partial charge in [-0.2, -0.15) is 0 Å². The first kappa shape index (κ1) is 18.6. The predicted molar refractivity (Wildman–Crippen MR) is 114 cm³/mol. The number of oxazole rings is 1. The molecule has 7 heteroatoms. The number of nitrogens with one attached hydrogen (secondary N) is 1. The normalized spacial score (nSPS) is 10.8. The maximum atomic E-state index is 12.4. The number of carbonyl (C=O) groups is 1. The van der Waals surface area contributed by atoms with E-state index in [1.54, 1.807) is 0 Å². The third kappa shape index (κ3) is 4.21. The van der Waals surface area contributed by atoms with Crippen LogP contribution in [0.4, 0.5) is 5.13 Å². The van der Waals surface area contributed by atoms with Crippen molar-refractivity contribution in [2.45, 2.75) is 13.3 Å². The van der Waals surface area contributed by atoms with Crippen molar-refractivity contribution < 1.29 is 9.21 Å². The highest BCUT2D eigenvalue weighted by atomic mass is 79.9. The topological polar surface area (TPSA) is 68.0 Å². The Morgan fingerprint density at radius 2 is 1.82 bits per heavy atom. The minimum absolute atomic E-state index is 0.128. The molecule has 0 saturated heterocycles. The Kier molecular flexibility index (Phi) is 5.36. The van der Waals surface area contributed by atoms with Crippen molar-refractivity contribution in [2.75, 3.05) is 5.32 Å². The zero-order valence-electron chi connectivity index (χ0n) is 15.0. The number of amides is 1. The highest BCUT2D eigenvalue weighted by Gasteiger charge is 2.14. The van der Waals surface area contributed by atoms with Crippen molar-refractivity contribution in [3.05, 3.63) is 75.9 Å². The number of nitrogens with zero attached hydrogens (tertiary/aromatic N) is 2. The van der Waals surface area contributed by atoms with Gasteiger partial charge in [0.05, 0.1) is 17.8 Å². The maximum Gasteiger partial charge on any atom is 0.232 e. The molecular formula is C21H16BrN3O2S. The van der Waals surface area contributed by atoms with Gasteiger partial charge in [0.25, 0.3) is 0 Å². The number of aryl methyl sites for hydroxylation is 1. The highest BCUT2D eigenvalue weighted by molar-refractivity contribution is 9.10. The number of benzene rings is 2. The van der Waals surface area contributed by atoms with Gasteiger partial charge >= 0.3 is 0 Å². The summed E-state index contributed by atoms with van der Waals surface area (Å²) < 4.78 is 6.50. The second-order valence-corrected chi connectivity index (χ2v) is 8.28. The lowest BCUT2D eigenvalue weighted by atomic mass is 10.1. The van der Waals surface area contributed by atoms with Gasteiger partial charge < -0.3 is 9.73 Å². The number of halogens is 1. The summed E-state index contributed by atoms with van der Waals surface area (Å²) in [5, 5.41) is 3.44. The van der Waals surface area contributed by atoms with Gasteiger partial charge in [0.1, 0.15) is 6.26 Å². The Morgan fingerprint density at radius 1 is 1.07 bits per heavy atom. The van der Waals surface area contributed by atoms with E-state index in [-0.39, 0.29) is 12.3 Å². The van der Waals surface area contributed by atoms with Gasteiger partial charge in [-0.3, -0.25) is 4.79 Å². The molecule has 0 saturated carbocycles. The second kappa shape index (κ2) is 8.08. The zero-order chi connectivity index (χ0) is 19.5. The van der Waals surface area contributed by atoms with Crippen LogP contribution in [0.15, 0.2) is 69.8 Å². The van der Waals surface area contributed by atoms with E-state index in [1.165, 1.54) is 17.6 Å². The number of anilines is 1. The van der Waals surface area contributed by atoms with Crippen LogP contribution in [0, 0.1) is 6.92 Å². The monoisotopic (exact) mass is 453 g/mol. The second-order valence-electron chi connectivity index (χ2n) is 6.17. The number of thiazole rings is 1. The molecule has 0 aliphatic rings. The van der Waals surface area contributed by atoms with Crippen LogP contribution in [-0.4, -0.2) is 15.9 Å². The standard InChI is InChI=1S/C21H16BrN3O2S/c1-13-19(14-7-9-16(22)10-8-14)25-21(28-13)24-18(26)11-17-12-27-20(23-17)15-5-3-2-4-6-15/h2-10,12H,11H2,1H3,(H,24,25,26). The molecule has 0 aliphatic carbocycles. The molecule has 0 aliphatic heterocycles. The summed E-state index contributed by atoms with van der Waals surface area (Å²) in [7, 11) is 0. The van der Waals surface area contributed by atoms with Crippen LogP contribution in [0.2, 0.25) is 0 Å². The Morgan fingerprint density at radius 3 is 2.57 bits per heavy atom. The van der Waals surface area contributed by atoms with E-state index in [0.717, 1.165) is 26.2 Å². The average Bonchev–Trinajstić information content (AvgIpc) is 3.30. The van der Waals surface area contributed by atoms with Crippen LogP contribution >= 0.6 is 27.3 Å². The first-order valence-corrected chi connectivity index (χ1v) is 10.2. The molecule has 0 radical (unpaired) electrons. The van der Waals surface area contributed by atoms with Gasteiger partial charge in [0.2, 0.25) is 11.8 Å². The van der Waals surface area contributed by atoms with E-state index in [9.17, 15) is 4.79 Å². The van der Waals surface area contributed by atoms with Gasteiger partial charge in [-0.05, 0) is 31.2 Å². The van der Waals surface area contributed by atoms with E-state index in [0.29, 0.717) is 16.7 Å². The summed E-state index contributed by atoms with van der Waals surface area (Å²) in [5.41, 5.74) is 3.35. The molecule has 4 aromatic rings. The van der Waals surface area contributed by atoms with Crippen LogP contribution in [0.1, 0.15) is 10.6 Å². The van der Waals surface area contributed by atoms with E-state index in [1.807, 2.05) is 61.5 Å². The Bertz CT molecular complexity index is 1100. The first-order chi connectivity index (χ1) is 13.6. The molecule has 28 heavy (non-hydrogen) atoms. The minimum atomic E-state index is -0.177. The predicted octanol–water partition coefficient (Wildman–Crippen LogP) is 5.72. The SMILES string of the molecule is Cc1sc(NC(=O)Cc2coc(-c3ccccc3)n2)nc1-c1ccc(Br)cc1. The van der Waals surface area contributed by atoms with E-state index in [2.05, 4.69) is 31.2 Å². The van der Waals surface area contributed by atoms with Gasteiger partial charge in [-0.1, -0.05) is 46.3 Å². The van der Waals surface area contributed by atoms with E-state index >= 15 is 0 Å². The van der Waals surface area contributed by atoms with Gasteiger partial charge in [-0.15, -0.1) is 11.3 Å². The molecule has 140 valence electrons. The molecule has 2 aromatic carbocycles. The Labute approximate surface area is 174 Å². The number of hydrogen-bond acceptors (Lipinski definition) is 5. The number of rotatable bonds is 5. The van der Waals surface area contributed by atoms with Crippen molar-refractivity contribution in [2.24, 2.45) is 0 Å². The highest BCUT2D eigenvalue weighted by Crippen LogP contribution is 2.31. The van der Waals surface area contributed by atoms with Crippen LogP contribution in [-0.2, 0) is 11.2 Å². The molecule has 0 atom stereocenters. The molecule has 1 N–H and O–H groups in total. The lowest BCUT2D eigenvalue weighted by Gasteiger charge is -1.99. The van der Waals surface area contributed by atoms with Gasteiger partial charge in [0, 0.05) is 20.5 Å². The zero-order valence-corrected chi connectivity index (χ0v) is 17.4. The van der Waals surface area contributed by atoms with E-state index in [4.69, 9.17) is 4.42 Å². The lowest BCUT2D eigenvalue weighted by Crippen LogP contribution is -2.14. The first-order valence-electron chi connectivity index (χ1n) is 8.61. The summed E-state index contributed by atoms with van der Waals surface area (Å²) in [5.74, 6) is 0.329. The van der Waals surface area contributed by atoms with Crippen LogP contribution in [0.25, 0.3) is 22.7 Å². The Hall–Kier alpha value is -2.77. The summed E-state index contributed by atoms with van der Waals surface area (Å²) in [6.07, 6.45) is 1.64. The number of hydrogen-bond donors (Lipinski definition) is 1. The average molecular weight is 454 g/mol. The quantitative estimate of drug-likeness (QED) is 0.419. The molecule has 0 spiro atoms. The molecule has 2 aromatic heterocycles. The van der Waals surface area contributed by atoms with Crippen LogP contribution in [0.5, 0.6) is 0 Å². The summed E-state index contributed by atoms with van der Waals surface area (Å²) in [6.45, 7) is 1.99. The lowest BCUT2D eigenvalue weighted by molar-refractivity contribution is -0.115. The summed E-state index contributed by atoms with van der Waals surface area (Å²) >= 11 is 4.89. The fourth-order valence-corrected chi connectivity index (χ4v) is 3.87. The van der Waals surface area contributed by atoms with Crippen molar-refractivity contribution in [3.63, 3.8) is 0 Å².